The lowest BCUT2D eigenvalue weighted by atomic mass is 10.1. The molecule has 4 aromatic rings. The lowest BCUT2D eigenvalue weighted by Crippen LogP contribution is -2.48. The number of amides is 1. The van der Waals surface area contributed by atoms with Gasteiger partial charge in [-0.25, -0.2) is 9.37 Å². The molecule has 1 aliphatic heterocycles. The van der Waals surface area contributed by atoms with Crippen molar-refractivity contribution in [3.8, 4) is 10.6 Å². The van der Waals surface area contributed by atoms with Crippen LogP contribution in [0.15, 0.2) is 53.9 Å². The van der Waals surface area contributed by atoms with Gasteiger partial charge >= 0.3 is 0 Å². The molecule has 2 aromatic carbocycles. The van der Waals surface area contributed by atoms with Crippen molar-refractivity contribution >= 4 is 38.7 Å². The first-order valence-corrected chi connectivity index (χ1v) is 12.5. The minimum Gasteiger partial charge on any atom is -0.380 e. The number of carbonyl (C=O) groups is 1. The number of halogens is 1. The minimum absolute atomic E-state index is 0.0395. The van der Waals surface area contributed by atoms with Crippen molar-refractivity contribution in [2.24, 2.45) is 0 Å². The second kappa shape index (κ2) is 9.69. The van der Waals surface area contributed by atoms with Gasteiger partial charge in [0.05, 0.1) is 17.2 Å². The SMILES string of the molecule is COCc1c(C(=O)N2CCN(Cc3csc(-c4ccccc4)n3)CC2)sc2cccc(F)c12. The third-order valence-corrected chi connectivity index (χ3v) is 7.99. The number of thiophene rings is 1. The van der Waals surface area contributed by atoms with E-state index in [1.807, 2.05) is 29.2 Å². The molecule has 1 saturated heterocycles. The van der Waals surface area contributed by atoms with Crippen molar-refractivity contribution < 1.29 is 13.9 Å². The van der Waals surface area contributed by atoms with Gasteiger partial charge in [0.2, 0.25) is 0 Å². The van der Waals surface area contributed by atoms with Crippen LogP contribution >= 0.6 is 22.7 Å². The van der Waals surface area contributed by atoms with Crippen molar-refractivity contribution in [3.05, 3.63) is 75.9 Å². The summed E-state index contributed by atoms with van der Waals surface area (Å²) in [5.41, 5.74) is 2.84. The number of fused-ring (bicyclic) bond motifs is 1. The molecular weight excluding hydrogens is 457 g/mol. The maximum atomic E-state index is 14.5. The van der Waals surface area contributed by atoms with Crippen LogP contribution < -0.4 is 0 Å². The summed E-state index contributed by atoms with van der Waals surface area (Å²) in [5, 5.41) is 3.65. The molecule has 1 fully saturated rings. The molecule has 0 unspecified atom stereocenters. The standard InChI is InChI=1S/C25H24FN3O2S2/c1-31-15-19-22-20(26)8-5-9-21(22)33-23(19)25(30)29-12-10-28(11-13-29)14-18-16-32-24(27-18)17-6-3-2-4-7-17/h2-9,16H,10-15H2,1H3. The topological polar surface area (TPSA) is 45.7 Å². The molecule has 1 aliphatic rings. The minimum atomic E-state index is -0.308. The fraction of sp³-hybridized carbons (Fsp3) is 0.280. The molecule has 5 nitrogen and oxygen atoms in total. The number of hydrogen-bond donors (Lipinski definition) is 0. The van der Waals surface area contributed by atoms with E-state index in [-0.39, 0.29) is 18.3 Å². The van der Waals surface area contributed by atoms with Crippen LogP contribution in [0.25, 0.3) is 20.7 Å². The Morgan fingerprint density at radius 3 is 2.64 bits per heavy atom. The Bertz CT molecular complexity index is 1260. The number of aromatic nitrogens is 1. The normalized spacial score (nSPS) is 14.8. The number of rotatable bonds is 6. The zero-order chi connectivity index (χ0) is 22.8. The highest BCUT2D eigenvalue weighted by molar-refractivity contribution is 7.21. The Balaban J connectivity index is 1.25. The van der Waals surface area contributed by atoms with Crippen molar-refractivity contribution in [3.63, 3.8) is 0 Å². The number of methoxy groups -OCH3 is 1. The fourth-order valence-corrected chi connectivity index (χ4v) is 6.20. The van der Waals surface area contributed by atoms with Crippen LogP contribution in [0.3, 0.4) is 0 Å². The molecule has 33 heavy (non-hydrogen) atoms. The summed E-state index contributed by atoms with van der Waals surface area (Å²) in [5.74, 6) is -0.347. The van der Waals surface area contributed by atoms with Crippen LogP contribution in [-0.2, 0) is 17.9 Å². The highest BCUT2D eigenvalue weighted by atomic mass is 32.1. The molecule has 0 bridgehead atoms. The van der Waals surface area contributed by atoms with Gasteiger partial charge in [0.25, 0.3) is 5.91 Å². The maximum absolute atomic E-state index is 14.5. The Kier molecular flexibility index (Phi) is 6.50. The summed E-state index contributed by atoms with van der Waals surface area (Å²) in [7, 11) is 1.57. The molecule has 3 heterocycles. The van der Waals surface area contributed by atoms with Gasteiger partial charge in [-0.05, 0) is 12.1 Å². The zero-order valence-electron chi connectivity index (χ0n) is 18.3. The first-order valence-electron chi connectivity index (χ1n) is 10.8. The number of ether oxygens (including phenoxy) is 1. The van der Waals surface area contributed by atoms with Crippen LogP contribution in [0, 0.1) is 5.82 Å². The van der Waals surface area contributed by atoms with Gasteiger partial charge in [0.1, 0.15) is 10.8 Å². The molecule has 5 rings (SSSR count). The van der Waals surface area contributed by atoms with Crippen molar-refractivity contribution in [2.75, 3.05) is 33.3 Å². The Morgan fingerprint density at radius 1 is 1.09 bits per heavy atom. The molecule has 0 atom stereocenters. The second-order valence-corrected chi connectivity index (χ2v) is 9.94. The van der Waals surface area contributed by atoms with Gasteiger partial charge in [-0.2, -0.15) is 0 Å². The largest absolute Gasteiger partial charge is 0.380 e. The Labute approximate surface area is 200 Å². The number of thiazole rings is 1. The zero-order valence-corrected chi connectivity index (χ0v) is 19.9. The van der Waals surface area contributed by atoms with Crippen LogP contribution in [0.1, 0.15) is 20.9 Å². The summed E-state index contributed by atoms with van der Waals surface area (Å²) in [6, 6.07) is 15.2. The van der Waals surface area contributed by atoms with E-state index in [1.54, 1.807) is 24.5 Å². The quantitative estimate of drug-likeness (QED) is 0.377. The monoisotopic (exact) mass is 481 g/mol. The maximum Gasteiger partial charge on any atom is 0.264 e. The molecule has 0 aliphatic carbocycles. The lowest BCUT2D eigenvalue weighted by molar-refractivity contribution is 0.0628. The lowest BCUT2D eigenvalue weighted by Gasteiger charge is -2.34. The third kappa shape index (κ3) is 4.56. The van der Waals surface area contributed by atoms with Gasteiger partial charge in [0, 0.05) is 66.4 Å². The molecule has 0 spiro atoms. The molecule has 1 amide bonds. The second-order valence-electron chi connectivity index (χ2n) is 8.03. The predicted octanol–water partition coefficient (Wildman–Crippen LogP) is 5.27. The van der Waals surface area contributed by atoms with Crippen molar-refractivity contribution in [1.29, 1.82) is 0 Å². The molecule has 2 aromatic heterocycles. The van der Waals surface area contributed by atoms with Crippen LogP contribution in [0.4, 0.5) is 4.39 Å². The molecule has 8 heteroatoms. The van der Waals surface area contributed by atoms with E-state index in [9.17, 15) is 9.18 Å². The van der Waals surface area contributed by atoms with Gasteiger partial charge in [0.15, 0.2) is 0 Å². The number of carbonyl (C=O) groups excluding carboxylic acids is 1. The number of piperazine rings is 1. The van der Waals surface area contributed by atoms with Crippen LogP contribution in [0.2, 0.25) is 0 Å². The number of hydrogen-bond acceptors (Lipinski definition) is 6. The first-order chi connectivity index (χ1) is 16.1. The van der Waals surface area contributed by atoms with E-state index in [2.05, 4.69) is 22.4 Å². The van der Waals surface area contributed by atoms with Gasteiger partial charge in [-0.1, -0.05) is 36.4 Å². The summed E-state index contributed by atoms with van der Waals surface area (Å²) in [6.45, 7) is 3.82. The van der Waals surface area contributed by atoms with Crippen LogP contribution in [-0.4, -0.2) is 54.0 Å². The fourth-order valence-electron chi connectivity index (χ4n) is 4.20. The van der Waals surface area contributed by atoms with E-state index in [0.717, 1.165) is 40.6 Å². The molecule has 0 saturated carbocycles. The summed E-state index contributed by atoms with van der Waals surface area (Å²) >= 11 is 3.01. The predicted molar refractivity (Wildman–Crippen MR) is 131 cm³/mol. The van der Waals surface area contributed by atoms with Crippen molar-refractivity contribution in [1.82, 2.24) is 14.8 Å². The first kappa shape index (κ1) is 22.2. The molecule has 0 N–H and O–H groups in total. The summed E-state index contributed by atoms with van der Waals surface area (Å²) in [4.78, 5) is 22.9. The van der Waals surface area contributed by atoms with E-state index in [0.29, 0.717) is 28.9 Å². The molecule has 0 radical (unpaired) electrons. The van der Waals surface area contributed by atoms with Crippen LogP contribution in [0.5, 0.6) is 0 Å². The van der Waals surface area contributed by atoms with Crippen molar-refractivity contribution in [2.45, 2.75) is 13.2 Å². The Hall–Kier alpha value is -2.65. The Morgan fingerprint density at radius 2 is 1.88 bits per heavy atom. The van der Waals surface area contributed by atoms with Gasteiger partial charge < -0.3 is 9.64 Å². The number of benzene rings is 2. The van der Waals surface area contributed by atoms with E-state index in [1.165, 1.54) is 17.4 Å². The summed E-state index contributed by atoms with van der Waals surface area (Å²) < 4.78 is 20.6. The average Bonchev–Trinajstić information content (AvgIpc) is 3.46. The highest BCUT2D eigenvalue weighted by Gasteiger charge is 2.27. The summed E-state index contributed by atoms with van der Waals surface area (Å²) in [6.07, 6.45) is 0. The van der Waals surface area contributed by atoms with E-state index in [4.69, 9.17) is 9.72 Å². The van der Waals surface area contributed by atoms with Gasteiger partial charge in [-0.15, -0.1) is 22.7 Å². The van der Waals surface area contributed by atoms with Gasteiger partial charge in [-0.3, -0.25) is 9.69 Å². The number of nitrogens with zero attached hydrogens (tertiary/aromatic N) is 3. The molecule has 170 valence electrons. The average molecular weight is 482 g/mol. The third-order valence-electron chi connectivity index (χ3n) is 5.86. The molecular formula is C25H24FN3O2S2. The smallest absolute Gasteiger partial charge is 0.264 e. The van der Waals surface area contributed by atoms with E-state index < -0.39 is 0 Å². The highest BCUT2D eigenvalue weighted by Crippen LogP contribution is 2.35. The van der Waals surface area contributed by atoms with E-state index >= 15 is 0 Å².